The second-order valence-electron chi connectivity index (χ2n) is 4.00. The van der Waals surface area contributed by atoms with Crippen molar-refractivity contribution in [3.05, 3.63) is 23.3 Å². The summed E-state index contributed by atoms with van der Waals surface area (Å²) in [6.45, 7) is 2.93. The number of hydrogen-bond donors (Lipinski definition) is 0. The predicted molar refractivity (Wildman–Crippen MR) is 73.0 cm³/mol. The van der Waals surface area contributed by atoms with Crippen molar-refractivity contribution in [1.29, 1.82) is 0 Å². The van der Waals surface area contributed by atoms with Crippen LogP contribution < -0.4 is 9.47 Å². The molecule has 4 heteroatoms. The zero-order chi connectivity index (χ0) is 12.4. The van der Waals surface area contributed by atoms with E-state index in [1.54, 1.807) is 14.2 Å². The summed E-state index contributed by atoms with van der Waals surface area (Å²) in [5.74, 6) is 1.55. The van der Waals surface area contributed by atoms with Gasteiger partial charge in [0.05, 0.1) is 24.8 Å². The summed E-state index contributed by atoms with van der Waals surface area (Å²) < 4.78 is 10.7. The number of halogens is 1. The summed E-state index contributed by atoms with van der Waals surface area (Å²) in [4.78, 5) is 4.82. The van der Waals surface area contributed by atoms with E-state index in [2.05, 4.69) is 33.9 Å². The molecule has 0 amide bonds. The van der Waals surface area contributed by atoms with E-state index >= 15 is 0 Å². The van der Waals surface area contributed by atoms with Gasteiger partial charge in [-0.1, -0.05) is 15.9 Å². The molecule has 1 heterocycles. The maximum Gasteiger partial charge on any atom is 0.161 e. The molecule has 0 N–H and O–H groups in total. The third-order valence-electron chi connectivity index (χ3n) is 2.93. The van der Waals surface area contributed by atoms with Gasteiger partial charge in [-0.2, -0.15) is 0 Å². The lowest BCUT2D eigenvalue weighted by Gasteiger charge is -2.21. The van der Waals surface area contributed by atoms with Crippen LogP contribution in [0.25, 0.3) is 0 Å². The van der Waals surface area contributed by atoms with E-state index in [-0.39, 0.29) is 4.83 Å². The van der Waals surface area contributed by atoms with Crippen LogP contribution in [0.5, 0.6) is 11.5 Å². The monoisotopic (exact) mass is 297 g/mol. The Morgan fingerprint density at radius 3 is 2.47 bits per heavy atom. The number of rotatable bonds is 3. The minimum Gasteiger partial charge on any atom is -0.493 e. The fraction of sp³-hybridized carbons (Fsp3) is 0.462. The molecular formula is C13H16BrNO2. The third-order valence-corrected chi connectivity index (χ3v) is 3.36. The van der Waals surface area contributed by atoms with Crippen LogP contribution in [0.15, 0.2) is 17.1 Å². The molecule has 3 nitrogen and oxygen atoms in total. The highest BCUT2D eigenvalue weighted by Gasteiger charge is 2.20. The lowest BCUT2D eigenvalue weighted by molar-refractivity contribution is 0.354. The van der Waals surface area contributed by atoms with Crippen molar-refractivity contribution in [3.63, 3.8) is 0 Å². The van der Waals surface area contributed by atoms with Crippen LogP contribution >= 0.6 is 15.9 Å². The molecule has 92 valence electrons. The van der Waals surface area contributed by atoms with Gasteiger partial charge in [0.1, 0.15) is 0 Å². The van der Waals surface area contributed by atoms with Crippen LogP contribution in [-0.2, 0) is 6.42 Å². The van der Waals surface area contributed by atoms with Gasteiger partial charge in [0, 0.05) is 12.1 Å². The molecule has 1 unspecified atom stereocenters. The van der Waals surface area contributed by atoms with Crippen molar-refractivity contribution in [2.75, 3.05) is 20.8 Å². The summed E-state index contributed by atoms with van der Waals surface area (Å²) in [5.41, 5.74) is 3.53. The van der Waals surface area contributed by atoms with Gasteiger partial charge in [-0.25, -0.2) is 0 Å². The number of aliphatic imine (C=N–C) groups is 1. The van der Waals surface area contributed by atoms with Crippen LogP contribution in [-0.4, -0.2) is 31.3 Å². The maximum absolute atomic E-state index is 5.34. The Morgan fingerprint density at radius 1 is 1.24 bits per heavy atom. The van der Waals surface area contributed by atoms with E-state index in [9.17, 15) is 0 Å². The van der Waals surface area contributed by atoms with Gasteiger partial charge < -0.3 is 9.47 Å². The molecule has 0 spiro atoms. The highest BCUT2D eigenvalue weighted by atomic mass is 79.9. The molecule has 0 aliphatic carbocycles. The molecule has 1 aromatic rings. The Balaban J connectivity index is 2.53. The van der Waals surface area contributed by atoms with E-state index in [1.807, 2.05) is 6.07 Å². The fourth-order valence-electron chi connectivity index (χ4n) is 2.09. The first-order chi connectivity index (χ1) is 8.17. The molecule has 2 rings (SSSR count). The van der Waals surface area contributed by atoms with E-state index < -0.39 is 0 Å². The third kappa shape index (κ3) is 2.32. The Morgan fingerprint density at radius 2 is 1.88 bits per heavy atom. The molecule has 1 aliphatic rings. The van der Waals surface area contributed by atoms with Gasteiger partial charge in [-0.3, -0.25) is 4.99 Å². The molecule has 0 saturated carbocycles. The van der Waals surface area contributed by atoms with Crippen molar-refractivity contribution in [1.82, 2.24) is 0 Å². The Bertz CT molecular complexity index is 455. The number of ether oxygens (including phenoxy) is 2. The SMILES string of the molecule is COc1cc2c(cc1OC)C(C(C)Br)=NCC2. The van der Waals surface area contributed by atoms with Gasteiger partial charge in [0.2, 0.25) is 0 Å². The average molecular weight is 298 g/mol. The summed E-state index contributed by atoms with van der Waals surface area (Å²) in [7, 11) is 3.32. The highest BCUT2D eigenvalue weighted by Crippen LogP contribution is 2.33. The first-order valence-electron chi connectivity index (χ1n) is 5.61. The van der Waals surface area contributed by atoms with Crippen molar-refractivity contribution in [2.24, 2.45) is 4.99 Å². The first-order valence-corrected chi connectivity index (χ1v) is 6.52. The van der Waals surface area contributed by atoms with Crippen LogP contribution in [0.1, 0.15) is 18.1 Å². The van der Waals surface area contributed by atoms with Gasteiger partial charge in [-0.15, -0.1) is 0 Å². The van der Waals surface area contributed by atoms with Gasteiger partial charge >= 0.3 is 0 Å². The van der Waals surface area contributed by atoms with Gasteiger partial charge in [-0.05, 0) is 31.0 Å². The molecule has 0 fully saturated rings. The van der Waals surface area contributed by atoms with Gasteiger partial charge in [0.15, 0.2) is 11.5 Å². The molecule has 1 atom stereocenters. The van der Waals surface area contributed by atoms with Crippen molar-refractivity contribution < 1.29 is 9.47 Å². The summed E-state index contributed by atoms with van der Waals surface area (Å²) in [5, 5.41) is 0. The summed E-state index contributed by atoms with van der Waals surface area (Å²) in [6.07, 6.45) is 0.957. The van der Waals surface area contributed by atoms with Crippen LogP contribution in [0, 0.1) is 0 Å². The van der Waals surface area contributed by atoms with Crippen LogP contribution in [0.2, 0.25) is 0 Å². The first kappa shape index (κ1) is 12.4. The number of alkyl halides is 1. The standard InChI is InChI=1S/C13H16BrNO2/c1-8(14)13-10-7-12(17-3)11(16-2)6-9(10)4-5-15-13/h6-8H,4-5H2,1-3H3. The van der Waals surface area contributed by atoms with E-state index in [0.29, 0.717) is 0 Å². The minimum atomic E-state index is 0.250. The smallest absolute Gasteiger partial charge is 0.161 e. The average Bonchev–Trinajstić information content (AvgIpc) is 2.35. The lowest BCUT2D eigenvalue weighted by atomic mass is 9.95. The Labute approximate surface area is 110 Å². The zero-order valence-corrected chi connectivity index (χ0v) is 11.9. The lowest BCUT2D eigenvalue weighted by Crippen LogP contribution is -2.20. The Hall–Kier alpha value is -1.03. The highest BCUT2D eigenvalue weighted by molar-refractivity contribution is 9.10. The largest absolute Gasteiger partial charge is 0.493 e. The van der Waals surface area contributed by atoms with Crippen LogP contribution in [0.3, 0.4) is 0 Å². The molecule has 17 heavy (non-hydrogen) atoms. The summed E-state index contributed by atoms with van der Waals surface area (Å²) >= 11 is 3.58. The second kappa shape index (κ2) is 5.08. The number of fused-ring (bicyclic) bond motifs is 1. The zero-order valence-electron chi connectivity index (χ0n) is 10.3. The Kier molecular flexibility index (Phi) is 3.72. The molecule has 0 bridgehead atoms. The van der Waals surface area contributed by atoms with E-state index in [0.717, 1.165) is 30.2 Å². The quantitative estimate of drug-likeness (QED) is 0.803. The molecule has 0 radical (unpaired) electrons. The molecular weight excluding hydrogens is 282 g/mol. The number of benzene rings is 1. The fourth-order valence-corrected chi connectivity index (χ4v) is 2.48. The molecule has 0 aromatic heterocycles. The number of hydrogen-bond acceptors (Lipinski definition) is 3. The second-order valence-corrected chi connectivity index (χ2v) is 5.37. The number of methoxy groups -OCH3 is 2. The molecule has 1 aliphatic heterocycles. The van der Waals surface area contributed by atoms with Gasteiger partial charge in [0.25, 0.3) is 0 Å². The van der Waals surface area contributed by atoms with E-state index in [4.69, 9.17) is 9.47 Å². The summed E-state index contributed by atoms with van der Waals surface area (Å²) in [6, 6.07) is 4.07. The normalized spacial score (nSPS) is 15.9. The van der Waals surface area contributed by atoms with Crippen LogP contribution in [0.4, 0.5) is 0 Å². The van der Waals surface area contributed by atoms with Crippen molar-refractivity contribution >= 4 is 21.6 Å². The molecule has 1 aromatic carbocycles. The van der Waals surface area contributed by atoms with E-state index in [1.165, 1.54) is 11.1 Å². The number of nitrogens with zero attached hydrogens (tertiary/aromatic N) is 1. The molecule has 0 saturated heterocycles. The minimum absolute atomic E-state index is 0.250. The topological polar surface area (TPSA) is 30.8 Å². The van der Waals surface area contributed by atoms with Crippen molar-refractivity contribution in [2.45, 2.75) is 18.2 Å². The predicted octanol–water partition coefficient (Wildman–Crippen LogP) is 2.83. The van der Waals surface area contributed by atoms with Crippen molar-refractivity contribution in [3.8, 4) is 11.5 Å². The maximum atomic E-state index is 5.34.